The standard InChI is InChI=1S/C13H15N5O/c1-18(2)11-5-3-10(4-6-11)16-13(19)17-12-9-14-7-8-15-12/h3-9H,1-2H3,(H2,15,16,17,19). The summed E-state index contributed by atoms with van der Waals surface area (Å²) in [5.41, 5.74) is 1.78. The van der Waals surface area contributed by atoms with Crippen molar-refractivity contribution < 1.29 is 4.79 Å². The van der Waals surface area contributed by atoms with Gasteiger partial charge in [0.15, 0.2) is 5.82 Å². The number of amides is 2. The molecule has 1 aromatic carbocycles. The van der Waals surface area contributed by atoms with Gasteiger partial charge in [-0.05, 0) is 24.3 Å². The fraction of sp³-hybridized carbons (Fsp3) is 0.154. The van der Waals surface area contributed by atoms with Gasteiger partial charge in [-0.3, -0.25) is 10.3 Å². The van der Waals surface area contributed by atoms with Crippen LogP contribution in [-0.2, 0) is 0 Å². The molecule has 0 saturated heterocycles. The molecule has 1 heterocycles. The van der Waals surface area contributed by atoms with E-state index in [4.69, 9.17) is 0 Å². The summed E-state index contributed by atoms with van der Waals surface area (Å²) in [6.45, 7) is 0. The van der Waals surface area contributed by atoms with E-state index in [1.807, 2.05) is 43.3 Å². The number of carbonyl (C=O) groups excluding carboxylic acids is 1. The van der Waals surface area contributed by atoms with E-state index in [0.717, 1.165) is 5.69 Å². The van der Waals surface area contributed by atoms with Crippen LogP contribution in [0.4, 0.5) is 22.0 Å². The summed E-state index contributed by atoms with van der Waals surface area (Å²) in [7, 11) is 3.92. The molecule has 1 aromatic heterocycles. The maximum absolute atomic E-state index is 11.7. The Bertz CT molecular complexity index is 539. The van der Waals surface area contributed by atoms with E-state index in [9.17, 15) is 4.79 Å². The highest BCUT2D eigenvalue weighted by Gasteiger charge is 2.03. The zero-order valence-corrected chi connectivity index (χ0v) is 10.8. The first-order valence-electron chi connectivity index (χ1n) is 5.76. The van der Waals surface area contributed by atoms with Crippen molar-refractivity contribution in [3.8, 4) is 0 Å². The highest BCUT2D eigenvalue weighted by atomic mass is 16.2. The molecular weight excluding hydrogens is 242 g/mol. The second-order valence-corrected chi connectivity index (χ2v) is 4.11. The van der Waals surface area contributed by atoms with E-state index < -0.39 is 0 Å². The monoisotopic (exact) mass is 257 g/mol. The molecule has 2 aromatic rings. The summed E-state index contributed by atoms with van der Waals surface area (Å²) in [4.78, 5) is 21.5. The number of hydrogen-bond donors (Lipinski definition) is 2. The molecule has 0 aliphatic heterocycles. The van der Waals surface area contributed by atoms with Gasteiger partial charge in [0.05, 0.1) is 6.20 Å². The molecule has 6 heteroatoms. The van der Waals surface area contributed by atoms with Gasteiger partial charge >= 0.3 is 6.03 Å². The molecule has 19 heavy (non-hydrogen) atoms. The zero-order valence-electron chi connectivity index (χ0n) is 10.8. The summed E-state index contributed by atoms with van der Waals surface area (Å²) in [6.07, 6.45) is 4.54. The minimum atomic E-state index is -0.349. The molecule has 0 aliphatic rings. The lowest BCUT2D eigenvalue weighted by molar-refractivity contribution is 0.262. The number of rotatable bonds is 3. The van der Waals surface area contributed by atoms with Crippen LogP contribution in [0.2, 0.25) is 0 Å². The largest absolute Gasteiger partial charge is 0.378 e. The van der Waals surface area contributed by atoms with Crippen LogP contribution in [0.5, 0.6) is 0 Å². The Labute approximate surface area is 111 Å². The predicted octanol–water partition coefficient (Wildman–Crippen LogP) is 2.19. The van der Waals surface area contributed by atoms with Crippen LogP contribution < -0.4 is 15.5 Å². The van der Waals surface area contributed by atoms with E-state index in [2.05, 4.69) is 20.6 Å². The average molecular weight is 257 g/mol. The van der Waals surface area contributed by atoms with E-state index in [-0.39, 0.29) is 6.03 Å². The quantitative estimate of drug-likeness (QED) is 0.884. The second-order valence-electron chi connectivity index (χ2n) is 4.11. The Balaban J connectivity index is 1.95. The van der Waals surface area contributed by atoms with Crippen molar-refractivity contribution in [3.05, 3.63) is 42.9 Å². The summed E-state index contributed by atoms with van der Waals surface area (Å²) in [5, 5.41) is 5.31. The molecule has 0 saturated carbocycles. The lowest BCUT2D eigenvalue weighted by Gasteiger charge is -2.13. The number of aromatic nitrogens is 2. The molecule has 98 valence electrons. The van der Waals surface area contributed by atoms with E-state index in [1.54, 1.807) is 6.20 Å². The Hall–Kier alpha value is -2.63. The molecule has 0 fully saturated rings. The molecule has 0 atom stereocenters. The summed E-state index contributed by atoms with van der Waals surface area (Å²) in [6, 6.07) is 7.19. The SMILES string of the molecule is CN(C)c1ccc(NC(=O)Nc2cnccn2)cc1. The number of hydrogen-bond acceptors (Lipinski definition) is 4. The van der Waals surface area contributed by atoms with Crippen molar-refractivity contribution in [3.63, 3.8) is 0 Å². The summed E-state index contributed by atoms with van der Waals surface area (Å²) in [5.74, 6) is 0.407. The lowest BCUT2D eigenvalue weighted by Crippen LogP contribution is -2.20. The maximum Gasteiger partial charge on any atom is 0.324 e. The van der Waals surface area contributed by atoms with Gasteiger partial charge in [-0.1, -0.05) is 0 Å². The van der Waals surface area contributed by atoms with Crippen molar-refractivity contribution >= 4 is 23.2 Å². The Kier molecular flexibility index (Phi) is 3.92. The zero-order chi connectivity index (χ0) is 13.7. The van der Waals surface area contributed by atoms with Crippen LogP contribution in [0.3, 0.4) is 0 Å². The number of anilines is 3. The highest BCUT2D eigenvalue weighted by Crippen LogP contribution is 2.15. The van der Waals surface area contributed by atoms with Crippen molar-refractivity contribution in [1.29, 1.82) is 0 Å². The number of benzene rings is 1. The molecule has 2 rings (SSSR count). The van der Waals surface area contributed by atoms with E-state index in [0.29, 0.717) is 11.5 Å². The Morgan fingerprint density at radius 3 is 2.42 bits per heavy atom. The number of nitrogens with one attached hydrogen (secondary N) is 2. The van der Waals surface area contributed by atoms with Crippen LogP contribution in [0.25, 0.3) is 0 Å². The third-order valence-electron chi connectivity index (χ3n) is 2.45. The molecule has 2 amide bonds. The predicted molar refractivity (Wildman–Crippen MR) is 75.4 cm³/mol. The first kappa shape index (κ1) is 12.8. The molecule has 0 radical (unpaired) electrons. The molecule has 0 unspecified atom stereocenters. The van der Waals surface area contributed by atoms with Gasteiger partial charge in [-0.2, -0.15) is 0 Å². The van der Waals surface area contributed by atoms with Gasteiger partial charge in [0.25, 0.3) is 0 Å². The number of carbonyl (C=O) groups is 1. The maximum atomic E-state index is 11.7. The molecule has 0 spiro atoms. The van der Waals surface area contributed by atoms with Crippen molar-refractivity contribution in [2.75, 3.05) is 29.6 Å². The van der Waals surface area contributed by atoms with Crippen LogP contribution >= 0.6 is 0 Å². The molecular formula is C13H15N5O. The van der Waals surface area contributed by atoms with Crippen molar-refractivity contribution in [2.45, 2.75) is 0 Å². The van der Waals surface area contributed by atoms with E-state index in [1.165, 1.54) is 12.4 Å². The van der Waals surface area contributed by atoms with Gasteiger partial charge in [-0.15, -0.1) is 0 Å². The van der Waals surface area contributed by atoms with Gasteiger partial charge < -0.3 is 10.2 Å². The van der Waals surface area contributed by atoms with Crippen LogP contribution in [0.1, 0.15) is 0 Å². The van der Waals surface area contributed by atoms with Gasteiger partial charge in [0.2, 0.25) is 0 Å². The third kappa shape index (κ3) is 3.67. The fourth-order valence-electron chi connectivity index (χ4n) is 1.49. The van der Waals surface area contributed by atoms with Crippen molar-refractivity contribution in [1.82, 2.24) is 9.97 Å². The van der Waals surface area contributed by atoms with Gasteiger partial charge in [0.1, 0.15) is 0 Å². The molecule has 0 aliphatic carbocycles. The normalized spacial score (nSPS) is 9.79. The Morgan fingerprint density at radius 2 is 1.84 bits per heavy atom. The minimum Gasteiger partial charge on any atom is -0.378 e. The number of nitrogens with zero attached hydrogens (tertiary/aromatic N) is 3. The van der Waals surface area contributed by atoms with E-state index >= 15 is 0 Å². The summed E-state index contributed by atoms with van der Waals surface area (Å²) < 4.78 is 0. The smallest absolute Gasteiger partial charge is 0.324 e. The number of urea groups is 1. The molecule has 0 bridgehead atoms. The fourth-order valence-corrected chi connectivity index (χ4v) is 1.49. The van der Waals surface area contributed by atoms with Gasteiger partial charge in [0, 0.05) is 37.9 Å². The second kappa shape index (κ2) is 5.81. The van der Waals surface area contributed by atoms with Gasteiger partial charge in [-0.25, -0.2) is 9.78 Å². The van der Waals surface area contributed by atoms with Crippen LogP contribution in [0.15, 0.2) is 42.9 Å². The lowest BCUT2D eigenvalue weighted by atomic mass is 10.2. The highest BCUT2D eigenvalue weighted by molar-refractivity contribution is 5.99. The minimum absolute atomic E-state index is 0.349. The average Bonchev–Trinajstić information content (AvgIpc) is 2.40. The molecule has 2 N–H and O–H groups in total. The van der Waals surface area contributed by atoms with Crippen LogP contribution in [0, 0.1) is 0 Å². The summed E-state index contributed by atoms with van der Waals surface area (Å²) >= 11 is 0. The topological polar surface area (TPSA) is 70.2 Å². The first-order chi connectivity index (χ1) is 9.15. The van der Waals surface area contributed by atoms with Crippen LogP contribution in [-0.4, -0.2) is 30.1 Å². The first-order valence-corrected chi connectivity index (χ1v) is 5.76. The third-order valence-corrected chi connectivity index (χ3v) is 2.45. The molecule has 6 nitrogen and oxygen atoms in total. The Morgan fingerprint density at radius 1 is 1.11 bits per heavy atom. The van der Waals surface area contributed by atoms with Crippen molar-refractivity contribution in [2.24, 2.45) is 0 Å².